The molecule has 0 radical (unpaired) electrons. The second kappa shape index (κ2) is 8.10. The van der Waals surface area contributed by atoms with E-state index in [1.807, 2.05) is 30.3 Å². The molecule has 0 amide bonds. The fourth-order valence-electron chi connectivity index (χ4n) is 2.03. The van der Waals surface area contributed by atoms with Crippen LogP contribution in [0.3, 0.4) is 0 Å². The molecule has 0 aliphatic rings. The fraction of sp³-hybridized carbons (Fsp3) is 0.222. The summed E-state index contributed by atoms with van der Waals surface area (Å²) in [5.41, 5.74) is 1.89. The molecule has 2 rings (SSSR count). The van der Waals surface area contributed by atoms with Crippen molar-refractivity contribution in [2.75, 3.05) is 18.5 Å². The standard InChI is InChI=1S/C18H21NO3/c1-2-5-14-6-3-4-7-18(14)22-13-17(21)12-19-15-8-10-16(20)11-9-15/h2-4,6-11,17,19-21H,1,5,12-13H2. The number of phenols is 1. The van der Waals surface area contributed by atoms with Gasteiger partial charge in [-0.1, -0.05) is 24.3 Å². The molecular weight excluding hydrogens is 278 g/mol. The Bertz CT molecular complexity index is 596. The predicted octanol–water partition coefficient (Wildman–Crippen LogP) is 2.97. The fourth-order valence-corrected chi connectivity index (χ4v) is 2.03. The van der Waals surface area contributed by atoms with E-state index in [2.05, 4.69) is 11.9 Å². The van der Waals surface area contributed by atoms with Crippen molar-refractivity contribution >= 4 is 5.69 Å². The summed E-state index contributed by atoms with van der Waals surface area (Å²) in [4.78, 5) is 0. The van der Waals surface area contributed by atoms with Crippen LogP contribution < -0.4 is 10.1 Å². The Morgan fingerprint density at radius 2 is 1.86 bits per heavy atom. The third-order valence-corrected chi connectivity index (χ3v) is 3.18. The minimum Gasteiger partial charge on any atom is -0.508 e. The number of hydrogen-bond donors (Lipinski definition) is 3. The normalized spacial score (nSPS) is 11.7. The summed E-state index contributed by atoms with van der Waals surface area (Å²) in [6, 6.07) is 14.4. The van der Waals surface area contributed by atoms with Crippen LogP contribution in [-0.2, 0) is 6.42 Å². The van der Waals surface area contributed by atoms with Gasteiger partial charge >= 0.3 is 0 Å². The molecule has 1 unspecified atom stereocenters. The number of rotatable bonds is 8. The van der Waals surface area contributed by atoms with Gasteiger partial charge in [-0.25, -0.2) is 0 Å². The number of allylic oxidation sites excluding steroid dienone is 1. The van der Waals surface area contributed by atoms with Gasteiger partial charge in [-0.15, -0.1) is 6.58 Å². The van der Waals surface area contributed by atoms with Crippen LogP contribution in [0.25, 0.3) is 0 Å². The largest absolute Gasteiger partial charge is 0.508 e. The molecule has 0 heterocycles. The third kappa shape index (κ3) is 4.82. The highest BCUT2D eigenvalue weighted by Crippen LogP contribution is 2.19. The highest BCUT2D eigenvalue weighted by Gasteiger charge is 2.07. The molecular formula is C18H21NO3. The Morgan fingerprint density at radius 1 is 1.14 bits per heavy atom. The number of ether oxygens (including phenoxy) is 1. The Balaban J connectivity index is 1.81. The summed E-state index contributed by atoms with van der Waals surface area (Å²) in [6.07, 6.45) is 1.92. The van der Waals surface area contributed by atoms with E-state index in [0.29, 0.717) is 6.54 Å². The van der Waals surface area contributed by atoms with Gasteiger partial charge in [0.25, 0.3) is 0 Å². The summed E-state index contributed by atoms with van der Waals surface area (Å²) < 4.78 is 5.68. The van der Waals surface area contributed by atoms with Gasteiger partial charge in [-0.2, -0.15) is 0 Å². The molecule has 0 saturated carbocycles. The van der Waals surface area contributed by atoms with Crippen molar-refractivity contribution in [2.45, 2.75) is 12.5 Å². The number of anilines is 1. The Kier molecular flexibility index (Phi) is 5.86. The number of aromatic hydroxyl groups is 1. The molecule has 22 heavy (non-hydrogen) atoms. The molecule has 0 aliphatic carbocycles. The lowest BCUT2D eigenvalue weighted by atomic mass is 10.1. The molecule has 0 fully saturated rings. The van der Waals surface area contributed by atoms with Gasteiger partial charge in [0.15, 0.2) is 0 Å². The van der Waals surface area contributed by atoms with Crippen molar-refractivity contribution in [1.82, 2.24) is 0 Å². The van der Waals surface area contributed by atoms with Crippen LogP contribution in [0.2, 0.25) is 0 Å². The molecule has 0 saturated heterocycles. The highest BCUT2D eigenvalue weighted by atomic mass is 16.5. The van der Waals surface area contributed by atoms with E-state index in [1.54, 1.807) is 24.3 Å². The molecule has 1 atom stereocenters. The lowest BCUT2D eigenvalue weighted by Gasteiger charge is -2.15. The number of phenolic OH excluding ortho intramolecular Hbond substituents is 1. The zero-order valence-electron chi connectivity index (χ0n) is 12.4. The quantitative estimate of drug-likeness (QED) is 0.518. The van der Waals surface area contributed by atoms with E-state index in [1.165, 1.54) is 0 Å². The second-order valence-corrected chi connectivity index (χ2v) is 4.99. The Morgan fingerprint density at radius 3 is 2.59 bits per heavy atom. The lowest BCUT2D eigenvalue weighted by molar-refractivity contribution is 0.117. The maximum absolute atomic E-state index is 9.99. The topological polar surface area (TPSA) is 61.7 Å². The van der Waals surface area contributed by atoms with Crippen molar-refractivity contribution in [2.24, 2.45) is 0 Å². The highest BCUT2D eigenvalue weighted by molar-refractivity contribution is 5.46. The zero-order valence-corrected chi connectivity index (χ0v) is 12.4. The maximum atomic E-state index is 9.99. The number of aliphatic hydroxyl groups is 1. The van der Waals surface area contributed by atoms with Gasteiger partial charge in [-0.05, 0) is 42.3 Å². The van der Waals surface area contributed by atoms with Crippen molar-refractivity contribution in [3.05, 3.63) is 66.7 Å². The number of hydrogen-bond acceptors (Lipinski definition) is 4. The summed E-state index contributed by atoms with van der Waals surface area (Å²) in [7, 11) is 0. The third-order valence-electron chi connectivity index (χ3n) is 3.18. The summed E-state index contributed by atoms with van der Waals surface area (Å²) >= 11 is 0. The van der Waals surface area contributed by atoms with Gasteiger partial charge in [-0.3, -0.25) is 0 Å². The molecule has 3 N–H and O–H groups in total. The van der Waals surface area contributed by atoms with Crippen LogP contribution in [0.4, 0.5) is 5.69 Å². The average Bonchev–Trinajstić information content (AvgIpc) is 2.54. The molecule has 2 aromatic rings. The van der Waals surface area contributed by atoms with Crippen molar-refractivity contribution in [1.29, 1.82) is 0 Å². The molecule has 4 heteroatoms. The minimum absolute atomic E-state index is 0.208. The van der Waals surface area contributed by atoms with E-state index < -0.39 is 6.10 Å². The Hall–Kier alpha value is -2.46. The summed E-state index contributed by atoms with van der Waals surface area (Å²) in [5, 5.41) is 22.3. The van der Waals surface area contributed by atoms with Gasteiger partial charge in [0.1, 0.15) is 24.2 Å². The zero-order chi connectivity index (χ0) is 15.8. The van der Waals surface area contributed by atoms with E-state index >= 15 is 0 Å². The summed E-state index contributed by atoms with van der Waals surface area (Å²) in [6.45, 7) is 4.31. The monoisotopic (exact) mass is 299 g/mol. The minimum atomic E-state index is -0.634. The van der Waals surface area contributed by atoms with Gasteiger partial charge in [0.05, 0.1) is 0 Å². The number of aliphatic hydroxyl groups excluding tert-OH is 1. The first-order valence-electron chi connectivity index (χ1n) is 7.21. The van der Waals surface area contributed by atoms with E-state index in [0.717, 1.165) is 23.4 Å². The van der Waals surface area contributed by atoms with Crippen LogP contribution in [0.1, 0.15) is 5.56 Å². The molecule has 0 aromatic heterocycles. The molecule has 4 nitrogen and oxygen atoms in total. The molecule has 2 aromatic carbocycles. The van der Waals surface area contributed by atoms with E-state index in [-0.39, 0.29) is 12.4 Å². The maximum Gasteiger partial charge on any atom is 0.122 e. The number of para-hydroxylation sites is 1. The molecule has 0 aliphatic heterocycles. The molecule has 0 bridgehead atoms. The van der Waals surface area contributed by atoms with Gasteiger partial charge in [0.2, 0.25) is 0 Å². The lowest BCUT2D eigenvalue weighted by Crippen LogP contribution is -2.26. The Labute approximate surface area is 130 Å². The molecule has 116 valence electrons. The van der Waals surface area contributed by atoms with E-state index in [9.17, 15) is 10.2 Å². The van der Waals surface area contributed by atoms with Crippen molar-refractivity contribution in [3.63, 3.8) is 0 Å². The van der Waals surface area contributed by atoms with Gasteiger partial charge < -0.3 is 20.3 Å². The summed E-state index contributed by atoms with van der Waals surface area (Å²) in [5.74, 6) is 0.986. The first-order valence-corrected chi connectivity index (χ1v) is 7.21. The first-order chi connectivity index (χ1) is 10.7. The van der Waals surface area contributed by atoms with Crippen LogP contribution in [0.15, 0.2) is 61.2 Å². The number of benzene rings is 2. The molecule has 0 spiro atoms. The van der Waals surface area contributed by atoms with Crippen LogP contribution in [0, 0.1) is 0 Å². The second-order valence-electron chi connectivity index (χ2n) is 4.99. The SMILES string of the molecule is C=CCc1ccccc1OCC(O)CNc1ccc(O)cc1. The number of nitrogens with one attached hydrogen (secondary N) is 1. The van der Waals surface area contributed by atoms with Gasteiger partial charge in [0, 0.05) is 12.2 Å². The van der Waals surface area contributed by atoms with Crippen molar-refractivity contribution in [3.8, 4) is 11.5 Å². The first kappa shape index (κ1) is 15.9. The van der Waals surface area contributed by atoms with Crippen LogP contribution in [-0.4, -0.2) is 29.5 Å². The van der Waals surface area contributed by atoms with Crippen LogP contribution >= 0.6 is 0 Å². The van der Waals surface area contributed by atoms with Crippen molar-refractivity contribution < 1.29 is 14.9 Å². The average molecular weight is 299 g/mol. The van der Waals surface area contributed by atoms with Crippen LogP contribution in [0.5, 0.6) is 11.5 Å². The van der Waals surface area contributed by atoms with E-state index in [4.69, 9.17) is 4.74 Å². The smallest absolute Gasteiger partial charge is 0.122 e. The predicted molar refractivity (Wildman–Crippen MR) is 88.4 cm³/mol.